The van der Waals surface area contributed by atoms with Gasteiger partial charge in [-0.05, 0) is 31.5 Å². The molecule has 2 rings (SSSR count). The normalized spacial score (nSPS) is 18.6. The fourth-order valence-electron chi connectivity index (χ4n) is 2.61. The maximum atomic E-state index is 4.17. The van der Waals surface area contributed by atoms with E-state index < -0.39 is 0 Å². The topological polar surface area (TPSA) is 16.1 Å². The highest BCUT2D eigenvalue weighted by Gasteiger charge is 2.16. The molecule has 2 heteroatoms. The molecule has 0 bridgehead atoms. The van der Waals surface area contributed by atoms with E-state index in [0.29, 0.717) is 0 Å². The lowest BCUT2D eigenvalue weighted by molar-refractivity contribution is 0.213. The molecule has 0 unspecified atom stereocenters. The van der Waals surface area contributed by atoms with Crippen LogP contribution in [-0.4, -0.2) is 23.0 Å². The summed E-state index contributed by atoms with van der Waals surface area (Å²) < 4.78 is 0. The minimum atomic E-state index is 0.780. The maximum Gasteiger partial charge on any atom is 0.0312 e. The van der Waals surface area contributed by atoms with Crippen molar-refractivity contribution < 1.29 is 0 Å². The SMILES string of the molecule is CN(Cc1cccnc1)C1CCCCCC1. The van der Waals surface area contributed by atoms with E-state index >= 15 is 0 Å². The van der Waals surface area contributed by atoms with E-state index in [1.165, 1.54) is 44.1 Å². The Morgan fingerprint density at radius 1 is 1.25 bits per heavy atom. The van der Waals surface area contributed by atoms with Crippen LogP contribution in [0.15, 0.2) is 24.5 Å². The molecule has 1 heterocycles. The van der Waals surface area contributed by atoms with Crippen molar-refractivity contribution in [3.05, 3.63) is 30.1 Å². The molecular formula is C14H22N2. The van der Waals surface area contributed by atoms with Gasteiger partial charge in [-0.2, -0.15) is 0 Å². The van der Waals surface area contributed by atoms with Gasteiger partial charge in [0.1, 0.15) is 0 Å². The molecule has 0 amide bonds. The van der Waals surface area contributed by atoms with Crippen LogP contribution in [0.3, 0.4) is 0 Å². The van der Waals surface area contributed by atoms with Crippen LogP contribution in [0.2, 0.25) is 0 Å². The van der Waals surface area contributed by atoms with Crippen molar-refractivity contribution in [3.63, 3.8) is 0 Å². The van der Waals surface area contributed by atoms with E-state index in [9.17, 15) is 0 Å². The zero-order valence-electron chi connectivity index (χ0n) is 10.2. The molecular weight excluding hydrogens is 196 g/mol. The summed E-state index contributed by atoms with van der Waals surface area (Å²) in [6.45, 7) is 1.04. The first kappa shape index (κ1) is 11.6. The lowest BCUT2D eigenvalue weighted by Gasteiger charge is -2.26. The van der Waals surface area contributed by atoms with Crippen molar-refractivity contribution in [2.75, 3.05) is 7.05 Å². The highest BCUT2D eigenvalue weighted by molar-refractivity contribution is 5.08. The van der Waals surface area contributed by atoms with E-state index in [0.717, 1.165) is 12.6 Å². The highest BCUT2D eigenvalue weighted by atomic mass is 15.1. The van der Waals surface area contributed by atoms with Gasteiger partial charge in [-0.3, -0.25) is 9.88 Å². The molecule has 1 saturated carbocycles. The van der Waals surface area contributed by atoms with Gasteiger partial charge in [0.25, 0.3) is 0 Å². The van der Waals surface area contributed by atoms with Gasteiger partial charge in [-0.25, -0.2) is 0 Å². The maximum absolute atomic E-state index is 4.17. The number of hydrogen-bond acceptors (Lipinski definition) is 2. The third kappa shape index (κ3) is 3.31. The highest BCUT2D eigenvalue weighted by Crippen LogP contribution is 2.21. The van der Waals surface area contributed by atoms with Crippen LogP contribution < -0.4 is 0 Å². The van der Waals surface area contributed by atoms with E-state index in [-0.39, 0.29) is 0 Å². The molecule has 1 fully saturated rings. The first-order chi connectivity index (χ1) is 7.86. The second-order valence-electron chi connectivity index (χ2n) is 4.92. The molecule has 0 radical (unpaired) electrons. The molecule has 16 heavy (non-hydrogen) atoms. The first-order valence-electron chi connectivity index (χ1n) is 6.45. The van der Waals surface area contributed by atoms with Crippen LogP contribution in [0.1, 0.15) is 44.1 Å². The third-order valence-corrected chi connectivity index (χ3v) is 3.60. The smallest absolute Gasteiger partial charge is 0.0312 e. The number of aromatic nitrogens is 1. The Labute approximate surface area is 98.7 Å². The second kappa shape index (κ2) is 6.00. The zero-order valence-corrected chi connectivity index (χ0v) is 10.2. The standard InChI is InChI=1S/C14H22N2/c1-16(12-13-7-6-10-15-11-13)14-8-4-2-3-5-9-14/h6-7,10-11,14H,2-5,8-9,12H2,1H3. The summed E-state index contributed by atoms with van der Waals surface area (Å²) >= 11 is 0. The molecule has 0 saturated heterocycles. The third-order valence-electron chi connectivity index (χ3n) is 3.60. The Kier molecular flexibility index (Phi) is 4.34. The van der Waals surface area contributed by atoms with Crippen molar-refractivity contribution >= 4 is 0 Å². The van der Waals surface area contributed by atoms with Crippen molar-refractivity contribution in [1.82, 2.24) is 9.88 Å². The van der Waals surface area contributed by atoms with Crippen molar-refractivity contribution in [1.29, 1.82) is 0 Å². The predicted molar refractivity (Wildman–Crippen MR) is 67.2 cm³/mol. The molecule has 2 nitrogen and oxygen atoms in total. The van der Waals surface area contributed by atoms with Crippen LogP contribution in [-0.2, 0) is 6.54 Å². The first-order valence-corrected chi connectivity index (χ1v) is 6.45. The van der Waals surface area contributed by atoms with Crippen LogP contribution >= 0.6 is 0 Å². The molecule has 0 spiro atoms. The summed E-state index contributed by atoms with van der Waals surface area (Å²) in [5.74, 6) is 0. The van der Waals surface area contributed by atoms with Gasteiger partial charge in [-0.15, -0.1) is 0 Å². The lowest BCUT2D eigenvalue weighted by atomic mass is 10.1. The summed E-state index contributed by atoms with van der Waals surface area (Å²) in [5, 5.41) is 0. The van der Waals surface area contributed by atoms with Gasteiger partial charge in [-0.1, -0.05) is 31.7 Å². The van der Waals surface area contributed by atoms with E-state index in [4.69, 9.17) is 0 Å². The van der Waals surface area contributed by atoms with E-state index in [1.54, 1.807) is 0 Å². The molecule has 1 aliphatic rings. The molecule has 88 valence electrons. The summed E-state index contributed by atoms with van der Waals surface area (Å²) in [6, 6.07) is 4.97. The fourth-order valence-corrected chi connectivity index (χ4v) is 2.61. The molecule has 1 aliphatic carbocycles. The second-order valence-corrected chi connectivity index (χ2v) is 4.92. The van der Waals surface area contributed by atoms with Gasteiger partial charge in [0, 0.05) is 25.0 Å². The van der Waals surface area contributed by atoms with Gasteiger partial charge in [0.2, 0.25) is 0 Å². The summed E-state index contributed by atoms with van der Waals surface area (Å²) in [6.07, 6.45) is 12.2. The summed E-state index contributed by atoms with van der Waals surface area (Å²) in [4.78, 5) is 6.68. The molecule has 0 atom stereocenters. The van der Waals surface area contributed by atoms with E-state index in [1.807, 2.05) is 18.5 Å². The van der Waals surface area contributed by atoms with Gasteiger partial charge in [0.05, 0.1) is 0 Å². The molecule has 1 aromatic heterocycles. The Morgan fingerprint density at radius 3 is 2.62 bits per heavy atom. The number of rotatable bonds is 3. The van der Waals surface area contributed by atoms with Crippen molar-refractivity contribution in [2.45, 2.75) is 51.1 Å². The van der Waals surface area contributed by atoms with Gasteiger partial charge >= 0.3 is 0 Å². The number of nitrogens with zero attached hydrogens (tertiary/aromatic N) is 2. The van der Waals surface area contributed by atoms with Crippen LogP contribution in [0.5, 0.6) is 0 Å². The minimum absolute atomic E-state index is 0.780. The van der Waals surface area contributed by atoms with E-state index in [2.05, 4.69) is 23.0 Å². The van der Waals surface area contributed by atoms with Gasteiger partial charge < -0.3 is 0 Å². The largest absolute Gasteiger partial charge is 0.299 e. The Hall–Kier alpha value is -0.890. The van der Waals surface area contributed by atoms with Crippen molar-refractivity contribution in [3.8, 4) is 0 Å². The number of hydrogen-bond donors (Lipinski definition) is 0. The monoisotopic (exact) mass is 218 g/mol. The average molecular weight is 218 g/mol. The predicted octanol–water partition coefficient (Wildman–Crippen LogP) is 3.24. The fraction of sp³-hybridized carbons (Fsp3) is 0.643. The van der Waals surface area contributed by atoms with Crippen LogP contribution in [0.4, 0.5) is 0 Å². The molecule has 0 aromatic carbocycles. The Balaban J connectivity index is 1.89. The van der Waals surface area contributed by atoms with Crippen LogP contribution in [0, 0.1) is 0 Å². The molecule has 1 aromatic rings. The quantitative estimate of drug-likeness (QED) is 0.724. The Bertz CT molecular complexity index is 289. The molecule has 0 N–H and O–H groups in total. The average Bonchev–Trinajstić information content (AvgIpc) is 2.59. The van der Waals surface area contributed by atoms with Crippen molar-refractivity contribution in [2.24, 2.45) is 0 Å². The Morgan fingerprint density at radius 2 is 2.00 bits per heavy atom. The summed E-state index contributed by atoms with van der Waals surface area (Å²) in [7, 11) is 2.25. The lowest BCUT2D eigenvalue weighted by Crippen LogP contribution is -2.30. The zero-order chi connectivity index (χ0) is 11.2. The van der Waals surface area contributed by atoms with Gasteiger partial charge in [0.15, 0.2) is 0 Å². The number of pyridine rings is 1. The minimum Gasteiger partial charge on any atom is -0.299 e. The van der Waals surface area contributed by atoms with Crippen LogP contribution in [0.25, 0.3) is 0 Å². The molecule has 0 aliphatic heterocycles. The summed E-state index contributed by atoms with van der Waals surface area (Å²) in [5.41, 5.74) is 1.33.